The summed E-state index contributed by atoms with van der Waals surface area (Å²) in [6, 6.07) is 9.65. The van der Waals surface area contributed by atoms with Crippen molar-refractivity contribution in [3.05, 3.63) is 66.2 Å². The van der Waals surface area contributed by atoms with E-state index in [4.69, 9.17) is 9.47 Å². The lowest BCUT2D eigenvalue weighted by Crippen LogP contribution is -2.45. The van der Waals surface area contributed by atoms with Gasteiger partial charge in [-0.15, -0.1) is 0 Å². The molecule has 2 bridgehead atoms. The van der Waals surface area contributed by atoms with E-state index < -0.39 is 28.9 Å². The van der Waals surface area contributed by atoms with Crippen LogP contribution in [0.5, 0.6) is 5.75 Å². The lowest BCUT2D eigenvalue weighted by Gasteiger charge is -2.42. The van der Waals surface area contributed by atoms with Crippen molar-refractivity contribution in [1.82, 2.24) is 25.3 Å². The number of pyridine rings is 1. The summed E-state index contributed by atoms with van der Waals surface area (Å²) < 4.78 is 55.1. The Hall–Kier alpha value is -4.68. The van der Waals surface area contributed by atoms with Crippen LogP contribution in [0.4, 0.5) is 19.1 Å². The minimum atomic E-state index is -4.85. The van der Waals surface area contributed by atoms with Crippen LogP contribution in [0.25, 0.3) is 22.2 Å². The predicted octanol–water partition coefficient (Wildman–Crippen LogP) is 7.35. The number of aromatic nitrogens is 4. The molecule has 2 atom stereocenters. The van der Waals surface area contributed by atoms with E-state index in [1.54, 1.807) is 24.7 Å². The number of fused-ring (bicyclic) bond motifs is 3. The first-order valence-corrected chi connectivity index (χ1v) is 17.7. The van der Waals surface area contributed by atoms with Crippen LogP contribution in [-0.2, 0) is 15.7 Å². The number of esters is 1. The summed E-state index contributed by atoms with van der Waals surface area (Å²) in [5, 5.41) is 3.56. The molecule has 3 fully saturated rings. The molecule has 1 aromatic carbocycles. The zero-order chi connectivity index (χ0) is 35.9. The quantitative estimate of drug-likeness (QED) is 0.192. The number of piperidine rings is 1. The molecule has 2 N–H and O–H groups in total. The maximum atomic E-state index is 14.4. The summed E-state index contributed by atoms with van der Waals surface area (Å²) in [4.78, 5) is 44.0. The van der Waals surface area contributed by atoms with Crippen LogP contribution in [0.3, 0.4) is 0 Å². The van der Waals surface area contributed by atoms with E-state index in [1.807, 2.05) is 39.0 Å². The summed E-state index contributed by atoms with van der Waals surface area (Å²) in [7, 11) is 0. The number of hydrogen-bond acceptors (Lipinski definition) is 8. The number of rotatable bonds is 7. The molecule has 2 aliphatic carbocycles. The molecule has 0 spiro atoms. The number of H-pyrrole nitrogens is 1. The normalized spacial score (nSPS) is 22.8. The molecule has 1 aliphatic heterocycles. The van der Waals surface area contributed by atoms with E-state index in [-0.39, 0.29) is 41.6 Å². The summed E-state index contributed by atoms with van der Waals surface area (Å²) in [6.45, 7) is 7.07. The third-order valence-electron chi connectivity index (χ3n) is 10.1. The number of aromatic amines is 1. The molecule has 7 rings (SSSR count). The molecular weight excluding hydrogens is 661 g/mol. The molecule has 51 heavy (non-hydrogen) atoms. The van der Waals surface area contributed by atoms with E-state index in [1.165, 1.54) is 12.1 Å². The molecule has 4 aromatic rings. The Kier molecular flexibility index (Phi) is 9.40. The Labute approximate surface area is 294 Å². The first-order chi connectivity index (χ1) is 24.3. The van der Waals surface area contributed by atoms with E-state index in [0.717, 1.165) is 32.4 Å². The predicted molar refractivity (Wildman–Crippen MR) is 185 cm³/mol. The van der Waals surface area contributed by atoms with Gasteiger partial charge in [-0.05, 0) is 95.0 Å². The van der Waals surface area contributed by atoms with E-state index >= 15 is 0 Å². The van der Waals surface area contributed by atoms with Crippen LogP contribution in [0.2, 0.25) is 0 Å². The molecule has 13 heteroatoms. The second-order valence-corrected chi connectivity index (χ2v) is 15.2. The fourth-order valence-corrected chi connectivity index (χ4v) is 8.03. The highest BCUT2D eigenvalue weighted by molar-refractivity contribution is 5.98. The molecule has 3 aromatic heterocycles. The smallest absolute Gasteiger partial charge is 0.434 e. The fourth-order valence-electron chi connectivity index (χ4n) is 8.03. The zero-order valence-electron chi connectivity index (χ0n) is 29.0. The maximum Gasteiger partial charge on any atom is 0.434 e. The standard InChI is InChI=1S/C38H43F3N6O4/c1-37(2,3)51-35(49)24-16-22-15-23(17-24)19-25(18-22)45-34(48)29-7-8-31(46-33(29)38(39,40)41)30-21-44-32-20-27(5-6-28(30)32)50-26-9-13-47(14-10-26)36-42-11-4-12-43-36/h4-8,11-12,20-26,44H,9-10,13-19H2,1-3H3,(H,45,48). The molecule has 270 valence electrons. The van der Waals surface area contributed by atoms with Crippen LogP contribution < -0.4 is 15.0 Å². The van der Waals surface area contributed by atoms with Gasteiger partial charge in [-0.3, -0.25) is 9.59 Å². The average molecular weight is 705 g/mol. The van der Waals surface area contributed by atoms with Gasteiger partial charge in [-0.1, -0.05) is 0 Å². The fraction of sp³-hybridized carbons (Fsp3) is 0.500. The van der Waals surface area contributed by atoms with Crippen LogP contribution in [-0.4, -0.2) is 62.6 Å². The molecule has 0 radical (unpaired) electrons. The Morgan fingerprint density at radius 1 is 0.941 bits per heavy atom. The van der Waals surface area contributed by atoms with Crippen LogP contribution >= 0.6 is 0 Å². The van der Waals surface area contributed by atoms with Crippen molar-refractivity contribution in [3.8, 4) is 17.0 Å². The minimum Gasteiger partial charge on any atom is -0.490 e. The van der Waals surface area contributed by atoms with Gasteiger partial charge in [0, 0.05) is 73.1 Å². The summed E-state index contributed by atoms with van der Waals surface area (Å²) in [5.74, 6) is 0.565. The zero-order valence-corrected chi connectivity index (χ0v) is 29.0. The van der Waals surface area contributed by atoms with Crippen LogP contribution in [0.1, 0.15) is 81.8 Å². The van der Waals surface area contributed by atoms with Gasteiger partial charge in [-0.2, -0.15) is 13.2 Å². The van der Waals surface area contributed by atoms with Gasteiger partial charge in [0.1, 0.15) is 17.5 Å². The van der Waals surface area contributed by atoms with E-state index in [9.17, 15) is 22.8 Å². The molecule has 2 saturated carbocycles. The number of nitrogens with one attached hydrogen (secondary N) is 2. The summed E-state index contributed by atoms with van der Waals surface area (Å²) >= 11 is 0. The summed E-state index contributed by atoms with van der Waals surface area (Å²) in [6.07, 6.45) is 5.31. The highest BCUT2D eigenvalue weighted by Gasteiger charge is 2.42. The Morgan fingerprint density at radius 2 is 1.65 bits per heavy atom. The van der Waals surface area contributed by atoms with E-state index in [2.05, 4.69) is 30.2 Å². The van der Waals surface area contributed by atoms with Gasteiger partial charge in [-0.25, -0.2) is 15.0 Å². The number of amides is 1. The highest BCUT2D eigenvalue weighted by atomic mass is 19.4. The Morgan fingerprint density at radius 3 is 2.31 bits per heavy atom. The van der Waals surface area contributed by atoms with Crippen LogP contribution in [0.15, 0.2) is 55.0 Å². The molecule has 4 heterocycles. The van der Waals surface area contributed by atoms with E-state index in [0.29, 0.717) is 53.8 Å². The summed E-state index contributed by atoms with van der Waals surface area (Å²) in [5.41, 5.74) is -0.995. The van der Waals surface area contributed by atoms with Gasteiger partial charge in [0.05, 0.1) is 17.2 Å². The van der Waals surface area contributed by atoms with Gasteiger partial charge in [0.25, 0.3) is 5.91 Å². The number of nitrogens with zero attached hydrogens (tertiary/aromatic N) is 4. The van der Waals surface area contributed by atoms with Crippen molar-refractivity contribution in [1.29, 1.82) is 0 Å². The molecular formula is C38H43F3N6O4. The van der Waals surface area contributed by atoms with Crippen molar-refractivity contribution >= 4 is 28.7 Å². The number of halogens is 3. The van der Waals surface area contributed by atoms with Crippen molar-refractivity contribution < 1.29 is 32.2 Å². The SMILES string of the molecule is CC(C)(C)OC(=O)C1CC2CC(CC(NC(=O)c3ccc(-c4c[nH]c5cc(OC6CCN(c7ncccn7)CC6)ccc45)nc3C(F)(F)F)C2)C1. The molecule has 3 aliphatic rings. The second-order valence-electron chi connectivity index (χ2n) is 15.2. The second kappa shape index (κ2) is 13.8. The van der Waals surface area contributed by atoms with Gasteiger partial charge in [0.2, 0.25) is 5.95 Å². The van der Waals surface area contributed by atoms with Crippen molar-refractivity contribution in [2.45, 2.75) is 89.6 Å². The first kappa shape index (κ1) is 34.8. The van der Waals surface area contributed by atoms with Gasteiger partial charge in [0.15, 0.2) is 5.69 Å². The number of ether oxygens (including phenoxy) is 2. The third-order valence-corrected chi connectivity index (χ3v) is 10.1. The lowest BCUT2D eigenvalue weighted by atomic mass is 9.66. The largest absolute Gasteiger partial charge is 0.490 e. The van der Waals surface area contributed by atoms with Crippen LogP contribution in [0, 0.1) is 17.8 Å². The highest BCUT2D eigenvalue weighted by Crippen LogP contribution is 2.44. The van der Waals surface area contributed by atoms with Crippen molar-refractivity contribution in [2.75, 3.05) is 18.0 Å². The number of benzene rings is 1. The molecule has 1 saturated heterocycles. The topological polar surface area (TPSA) is 122 Å². The Balaban J connectivity index is 1.01. The number of carbonyl (C=O) groups is 2. The number of alkyl halides is 3. The molecule has 10 nitrogen and oxygen atoms in total. The minimum absolute atomic E-state index is 0.00825. The Bertz CT molecular complexity index is 1870. The molecule has 2 unspecified atom stereocenters. The third kappa shape index (κ3) is 7.97. The first-order valence-electron chi connectivity index (χ1n) is 17.7. The van der Waals surface area contributed by atoms with Gasteiger partial charge >= 0.3 is 12.1 Å². The lowest BCUT2D eigenvalue weighted by molar-refractivity contribution is -0.163. The maximum absolute atomic E-state index is 14.4. The van der Waals surface area contributed by atoms with Gasteiger partial charge < -0.3 is 24.7 Å². The molecule has 1 amide bonds. The number of carbonyl (C=O) groups excluding carboxylic acids is 2. The number of anilines is 1. The monoisotopic (exact) mass is 704 g/mol. The average Bonchev–Trinajstić information content (AvgIpc) is 3.50. The van der Waals surface area contributed by atoms with Crippen molar-refractivity contribution in [2.24, 2.45) is 17.8 Å². The number of hydrogen-bond donors (Lipinski definition) is 2. The van der Waals surface area contributed by atoms with Crippen molar-refractivity contribution in [3.63, 3.8) is 0 Å².